The lowest BCUT2D eigenvalue weighted by atomic mass is 10.1. The van der Waals surface area contributed by atoms with Crippen LogP contribution in [0.2, 0.25) is 0 Å². The summed E-state index contributed by atoms with van der Waals surface area (Å²) in [6.45, 7) is 6.30. The van der Waals surface area contributed by atoms with Crippen LogP contribution >= 0.6 is 0 Å². The Balaban J connectivity index is 1.36. The number of carbonyl (C=O) groups is 1. The highest BCUT2D eigenvalue weighted by Gasteiger charge is 2.12. The van der Waals surface area contributed by atoms with Gasteiger partial charge < -0.3 is 0 Å². The highest BCUT2D eigenvalue weighted by atomic mass is 16.2. The van der Waals surface area contributed by atoms with Gasteiger partial charge in [-0.2, -0.15) is 5.10 Å². The first-order valence-corrected chi connectivity index (χ1v) is 11.0. The third kappa shape index (κ3) is 4.52. The quantitative estimate of drug-likeness (QED) is 0.281. The number of benzene rings is 1. The molecule has 3 heterocycles. The number of rotatable bonds is 5. The van der Waals surface area contributed by atoms with Crippen molar-refractivity contribution in [3.63, 3.8) is 0 Å². The van der Waals surface area contributed by atoms with Gasteiger partial charge in [0.25, 0.3) is 5.91 Å². The predicted octanol–water partition coefficient (Wildman–Crippen LogP) is 4.10. The minimum atomic E-state index is -0.260. The number of hydrogen-bond acceptors (Lipinski definition) is 6. The van der Waals surface area contributed by atoms with E-state index in [1.807, 2.05) is 48.6 Å². The summed E-state index contributed by atoms with van der Waals surface area (Å²) < 4.78 is 1.76. The second-order valence-corrected chi connectivity index (χ2v) is 8.17. The molecule has 0 radical (unpaired) electrons. The highest BCUT2D eigenvalue weighted by Crippen LogP contribution is 2.17. The lowest BCUT2D eigenvalue weighted by molar-refractivity contribution is -0.117. The maximum Gasteiger partial charge on any atom is 0.271 e. The van der Waals surface area contributed by atoms with Gasteiger partial charge in [0.05, 0.1) is 23.5 Å². The molecule has 0 aliphatic heterocycles. The zero-order chi connectivity index (χ0) is 23.5. The van der Waals surface area contributed by atoms with Crippen LogP contribution in [0, 0.1) is 0 Å². The molecule has 1 aliphatic carbocycles. The molecule has 1 N–H and O–H groups in total. The Morgan fingerprint density at radius 3 is 2.97 bits per heavy atom. The maximum atomic E-state index is 12.5. The lowest BCUT2D eigenvalue weighted by Gasteiger charge is -2.06. The Labute approximate surface area is 196 Å². The van der Waals surface area contributed by atoms with E-state index in [1.54, 1.807) is 23.9 Å². The van der Waals surface area contributed by atoms with Crippen LogP contribution in [0.5, 0.6) is 0 Å². The molecule has 1 amide bonds. The molecule has 8 nitrogen and oxygen atoms in total. The summed E-state index contributed by atoms with van der Waals surface area (Å²) in [5.74, 6) is -0.260. The van der Waals surface area contributed by atoms with Crippen molar-refractivity contribution in [3.05, 3.63) is 95.9 Å². The lowest BCUT2D eigenvalue weighted by Crippen LogP contribution is -2.20. The van der Waals surface area contributed by atoms with Crippen molar-refractivity contribution in [2.45, 2.75) is 26.3 Å². The van der Waals surface area contributed by atoms with Gasteiger partial charge in [0.2, 0.25) is 0 Å². The Morgan fingerprint density at radius 2 is 2.06 bits per heavy atom. The molecule has 0 saturated carbocycles. The molecule has 168 valence electrons. The number of carbonyl (C=O) groups excluding carboxylic acids is 1. The van der Waals surface area contributed by atoms with Crippen molar-refractivity contribution in [1.29, 1.82) is 0 Å². The van der Waals surface area contributed by atoms with Crippen molar-refractivity contribution < 1.29 is 4.79 Å². The van der Waals surface area contributed by atoms with Gasteiger partial charge in [-0.25, -0.2) is 15.1 Å². The van der Waals surface area contributed by atoms with Gasteiger partial charge >= 0.3 is 0 Å². The van der Waals surface area contributed by atoms with E-state index in [4.69, 9.17) is 4.98 Å². The van der Waals surface area contributed by atoms with E-state index < -0.39 is 0 Å². The Bertz CT molecular complexity index is 1510. The van der Waals surface area contributed by atoms with Gasteiger partial charge in [-0.1, -0.05) is 47.7 Å². The summed E-state index contributed by atoms with van der Waals surface area (Å²) in [6.07, 6.45) is 8.84. The van der Waals surface area contributed by atoms with Gasteiger partial charge in [0.15, 0.2) is 5.65 Å². The molecule has 0 atom stereocenters. The van der Waals surface area contributed by atoms with Crippen LogP contribution < -0.4 is 5.43 Å². The summed E-state index contributed by atoms with van der Waals surface area (Å²) in [4.78, 5) is 21.6. The van der Waals surface area contributed by atoms with Gasteiger partial charge in [0, 0.05) is 17.2 Å². The van der Waals surface area contributed by atoms with Crippen LogP contribution in [-0.4, -0.2) is 36.6 Å². The molecule has 0 fully saturated rings. The number of aromatic nitrogens is 5. The van der Waals surface area contributed by atoms with Gasteiger partial charge in [-0.15, -0.1) is 5.10 Å². The van der Waals surface area contributed by atoms with Crippen LogP contribution in [0.15, 0.2) is 89.7 Å². The van der Waals surface area contributed by atoms with Crippen LogP contribution in [0.4, 0.5) is 0 Å². The van der Waals surface area contributed by atoms with Gasteiger partial charge in [-0.3, -0.25) is 9.78 Å². The first-order chi connectivity index (χ1) is 16.6. The molecule has 3 aromatic heterocycles. The standard InChI is InChI=1S/C26H23N7O/c1-17-5-3-6-20(10-8-17)26(34)31-29-18(2)22-12-13-24-25(28-22)33(32-30-24)16-19-9-11-23-21(15-19)7-4-14-27-23/h3-4,6-7,9-15H,1,5,8,16H2,2H3,(H,31,34). The molecule has 4 aromatic rings. The fourth-order valence-corrected chi connectivity index (χ4v) is 3.74. The normalized spacial score (nSPS) is 14.3. The number of pyridine rings is 2. The van der Waals surface area contributed by atoms with Gasteiger partial charge in [-0.05, 0) is 55.7 Å². The molecule has 0 bridgehead atoms. The minimum Gasteiger partial charge on any atom is -0.267 e. The van der Waals surface area contributed by atoms with E-state index in [-0.39, 0.29) is 5.91 Å². The number of amides is 1. The summed E-state index contributed by atoms with van der Waals surface area (Å²) in [5, 5.41) is 13.8. The fraction of sp³-hybridized carbons (Fsp3) is 0.154. The van der Waals surface area contributed by atoms with E-state index in [1.165, 1.54) is 0 Å². The summed E-state index contributed by atoms with van der Waals surface area (Å²) in [7, 11) is 0. The molecular weight excluding hydrogens is 426 g/mol. The highest BCUT2D eigenvalue weighted by molar-refractivity contribution is 6.01. The van der Waals surface area contributed by atoms with Crippen molar-refractivity contribution in [3.8, 4) is 0 Å². The number of allylic oxidation sites excluding steroid dienone is 3. The van der Waals surface area contributed by atoms with E-state index in [9.17, 15) is 4.79 Å². The van der Waals surface area contributed by atoms with Crippen LogP contribution in [0.3, 0.4) is 0 Å². The molecular formula is C26H23N7O. The molecule has 8 heteroatoms. The second kappa shape index (κ2) is 9.19. The Hall–Kier alpha value is -4.46. The smallest absolute Gasteiger partial charge is 0.267 e. The number of fused-ring (bicyclic) bond motifs is 2. The maximum absolute atomic E-state index is 12.5. The van der Waals surface area contributed by atoms with Crippen molar-refractivity contribution in [1.82, 2.24) is 30.4 Å². The minimum absolute atomic E-state index is 0.260. The van der Waals surface area contributed by atoms with Crippen molar-refractivity contribution >= 4 is 33.7 Å². The largest absolute Gasteiger partial charge is 0.271 e. The molecule has 0 saturated heterocycles. The molecule has 34 heavy (non-hydrogen) atoms. The molecule has 1 aromatic carbocycles. The zero-order valence-electron chi connectivity index (χ0n) is 18.8. The average Bonchev–Trinajstić information content (AvgIpc) is 3.12. The first-order valence-electron chi connectivity index (χ1n) is 11.0. The molecule has 0 spiro atoms. The van der Waals surface area contributed by atoms with E-state index >= 15 is 0 Å². The topological polar surface area (TPSA) is 98.0 Å². The summed E-state index contributed by atoms with van der Waals surface area (Å²) >= 11 is 0. The summed E-state index contributed by atoms with van der Waals surface area (Å²) in [6, 6.07) is 13.8. The Kier molecular flexibility index (Phi) is 5.78. The van der Waals surface area contributed by atoms with Crippen molar-refractivity contribution in [2.75, 3.05) is 0 Å². The SMILES string of the molecule is C=C1CC=CC(C(=O)NN=C(C)c2ccc3nnn(Cc4ccc5ncccc5c4)c3n2)=CC1. The molecule has 1 aliphatic rings. The van der Waals surface area contributed by atoms with Crippen LogP contribution in [-0.2, 0) is 11.3 Å². The van der Waals surface area contributed by atoms with Crippen LogP contribution in [0.1, 0.15) is 31.0 Å². The number of nitrogens with zero attached hydrogens (tertiary/aromatic N) is 6. The van der Waals surface area contributed by atoms with E-state index in [2.05, 4.69) is 38.5 Å². The zero-order valence-corrected chi connectivity index (χ0v) is 18.8. The third-order valence-corrected chi connectivity index (χ3v) is 5.63. The van der Waals surface area contributed by atoms with E-state index in [0.29, 0.717) is 41.1 Å². The van der Waals surface area contributed by atoms with Crippen molar-refractivity contribution in [2.24, 2.45) is 5.10 Å². The van der Waals surface area contributed by atoms with E-state index in [0.717, 1.165) is 28.5 Å². The predicted molar refractivity (Wildman–Crippen MR) is 132 cm³/mol. The number of hydrazone groups is 1. The van der Waals surface area contributed by atoms with Crippen LogP contribution in [0.25, 0.3) is 22.1 Å². The average molecular weight is 450 g/mol. The monoisotopic (exact) mass is 449 g/mol. The van der Waals surface area contributed by atoms with Gasteiger partial charge in [0.1, 0.15) is 5.52 Å². The second-order valence-electron chi connectivity index (χ2n) is 8.17. The number of hydrogen-bond donors (Lipinski definition) is 1. The molecule has 5 rings (SSSR count). The summed E-state index contributed by atoms with van der Waals surface area (Å²) in [5.41, 5.74) is 8.86. The first kappa shape index (κ1) is 21.4. The third-order valence-electron chi connectivity index (χ3n) is 5.63. The Morgan fingerprint density at radius 1 is 1.18 bits per heavy atom. The fourth-order valence-electron chi connectivity index (χ4n) is 3.74. The molecule has 0 unspecified atom stereocenters. The number of nitrogens with one attached hydrogen (secondary N) is 1.